The Morgan fingerprint density at radius 1 is 1.47 bits per heavy atom. The zero-order chi connectivity index (χ0) is 12.3. The molecule has 1 N–H and O–H groups in total. The molecule has 0 bridgehead atoms. The molecule has 0 radical (unpaired) electrons. The summed E-state index contributed by atoms with van der Waals surface area (Å²) in [5.74, 6) is -0.779. The molecule has 1 heterocycles. The number of carboxylic acid groups (broad SMARTS) is 1. The van der Waals surface area contributed by atoms with E-state index in [1.54, 1.807) is 6.92 Å². The topological polar surface area (TPSA) is 49.8 Å². The molecule has 1 saturated heterocycles. The molecule has 0 aliphatic carbocycles. The van der Waals surface area contributed by atoms with Crippen LogP contribution in [0.1, 0.15) is 18.6 Å². The summed E-state index contributed by atoms with van der Waals surface area (Å²) in [5.41, 5.74) is 1.11. The van der Waals surface area contributed by atoms with Gasteiger partial charge in [0, 0.05) is 13.1 Å². The molecular formula is C13H17NO3. The second-order valence-electron chi connectivity index (χ2n) is 4.28. The Morgan fingerprint density at radius 2 is 2.18 bits per heavy atom. The van der Waals surface area contributed by atoms with Gasteiger partial charge < -0.3 is 9.84 Å². The van der Waals surface area contributed by atoms with Crippen molar-refractivity contribution in [3.05, 3.63) is 35.9 Å². The maximum atomic E-state index is 11.0. The van der Waals surface area contributed by atoms with Gasteiger partial charge in [0.25, 0.3) is 0 Å². The van der Waals surface area contributed by atoms with E-state index in [1.165, 1.54) is 0 Å². The van der Waals surface area contributed by atoms with Gasteiger partial charge in [-0.05, 0) is 12.5 Å². The third kappa shape index (κ3) is 2.84. The van der Waals surface area contributed by atoms with Gasteiger partial charge in [-0.1, -0.05) is 30.3 Å². The number of hydrogen-bond acceptors (Lipinski definition) is 3. The molecule has 17 heavy (non-hydrogen) atoms. The summed E-state index contributed by atoms with van der Waals surface area (Å²) in [5, 5.41) is 9.01. The number of nitrogens with zero attached hydrogens (tertiary/aromatic N) is 1. The number of rotatable bonds is 3. The van der Waals surface area contributed by atoms with E-state index in [-0.39, 0.29) is 6.10 Å². The molecule has 0 spiro atoms. The molecule has 1 aliphatic heterocycles. The first-order chi connectivity index (χ1) is 8.18. The van der Waals surface area contributed by atoms with E-state index in [1.807, 2.05) is 35.2 Å². The molecule has 4 nitrogen and oxygen atoms in total. The van der Waals surface area contributed by atoms with Crippen LogP contribution in [-0.2, 0) is 9.53 Å². The van der Waals surface area contributed by atoms with Crippen LogP contribution in [0.15, 0.2) is 30.3 Å². The first kappa shape index (κ1) is 12.1. The summed E-state index contributed by atoms with van der Waals surface area (Å²) in [6.45, 7) is 3.61. The van der Waals surface area contributed by atoms with Crippen molar-refractivity contribution in [1.29, 1.82) is 0 Å². The van der Waals surface area contributed by atoms with Gasteiger partial charge in [0.05, 0.1) is 12.7 Å². The average Bonchev–Trinajstić information content (AvgIpc) is 2.39. The van der Waals surface area contributed by atoms with Crippen molar-refractivity contribution in [3.63, 3.8) is 0 Å². The highest BCUT2D eigenvalue weighted by Crippen LogP contribution is 2.22. The van der Waals surface area contributed by atoms with E-state index >= 15 is 0 Å². The molecule has 0 aromatic heterocycles. The Hall–Kier alpha value is -1.39. The van der Waals surface area contributed by atoms with Crippen molar-refractivity contribution in [2.45, 2.75) is 19.1 Å². The molecule has 92 valence electrons. The summed E-state index contributed by atoms with van der Waals surface area (Å²) >= 11 is 0. The fourth-order valence-corrected chi connectivity index (χ4v) is 2.05. The zero-order valence-corrected chi connectivity index (χ0v) is 9.87. The van der Waals surface area contributed by atoms with E-state index < -0.39 is 12.0 Å². The Morgan fingerprint density at radius 3 is 2.82 bits per heavy atom. The maximum Gasteiger partial charge on any atom is 0.320 e. The van der Waals surface area contributed by atoms with Crippen LogP contribution in [0.25, 0.3) is 0 Å². The van der Waals surface area contributed by atoms with E-state index in [4.69, 9.17) is 9.84 Å². The van der Waals surface area contributed by atoms with E-state index in [0.717, 1.165) is 5.56 Å². The van der Waals surface area contributed by atoms with Crippen LogP contribution in [0.3, 0.4) is 0 Å². The van der Waals surface area contributed by atoms with E-state index in [2.05, 4.69) is 0 Å². The van der Waals surface area contributed by atoms with Gasteiger partial charge in [0.1, 0.15) is 6.04 Å². The number of hydrogen-bond donors (Lipinski definition) is 1. The van der Waals surface area contributed by atoms with Gasteiger partial charge in [-0.15, -0.1) is 0 Å². The quantitative estimate of drug-likeness (QED) is 0.863. The minimum absolute atomic E-state index is 0.0215. The molecular weight excluding hydrogens is 218 g/mol. The molecule has 0 unspecified atom stereocenters. The van der Waals surface area contributed by atoms with Crippen LogP contribution in [0.2, 0.25) is 0 Å². The maximum absolute atomic E-state index is 11.0. The summed E-state index contributed by atoms with van der Waals surface area (Å²) < 4.78 is 5.69. The molecule has 2 atom stereocenters. The van der Waals surface area contributed by atoms with Gasteiger partial charge in [-0.2, -0.15) is 0 Å². The predicted molar refractivity (Wildman–Crippen MR) is 63.8 cm³/mol. The van der Waals surface area contributed by atoms with Crippen LogP contribution in [0.4, 0.5) is 0 Å². The normalized spacial score (nSPS) is 23.2. The number of carbonyl (C=O) groups is 1. The first-order valence-electron chi connectivity index (χ1n) is 5.82. The SMILES string of the molecule is C[C@H](C(=O)O)N1CCO[C@H](c2ccccc2)C1. The highest BCUT2D eigenvalue weighted by atomic mass is 16.5. The number of ether oxygens (including phenoxy) is 1. The highest BCUT2D eigenvalue weighted by Gasteiger charge is 2.28. The lowest BCUT2D eigenvalue weighted by atomic mass is 10.1. The molecule has 1 aliphatic rings. The summed E-state index contributed by atoms with van der Waals surface area (Å²) in [7, 11) is 0. The molecule has 4 heteroatoms. The average molecular weight is 235 g/mol. The molecule has 1 fully saturated rings. The van der Waals surface area contributed by atoms with Crippen LogP contribution < -0.4 is 0 Å². The number of carboxylic acids is 1. The summed E-state index contributed by atoms with van der Waals surface area (Å²) in [6, 6.07) is 9.48. The second kappa shape index (κ2) is 5.29. The van der Waals surface area contributed by atoms with Crippen molar-refractivity contribution in [2.75, 3.05) is 19.7 Å². The van der Waals surface area contributed by atoms with E-state index in [0.29, 0.717) is 19.7 Å². The lowest BCUT2D eigenvalue weighted by Crippen LogP contribution is -2.46. The van der Waals surface area contributed by atoms with Gasteiger partial charge >= 0.3 is 5.97 Å². The Balaban J connectivity index is 2.05. The lowest BCUT2D eigenvalue weighted by Gasteiger charge is -2.35. The Labute approximate surface area is 101 Å². The first-order valence-corrected chi connectivity index (χ1v) is 5.82. The van der Waals surface area contributed by atoms with Crippen molar-refractivity contribution in [1.82, 2.24) is 4.90 Å². The monoisotopic (exact) mass is 235 g/mol. The largest absolute Gasteiger partial charge is 0.480 e. The zero-order valence-electron chi connectivity index (χ0n) is 9.87. The summed E-state index contributed by atoms with van der Waals surface area (Å²) in [4.78, 5) is 12.9. The number of morpholine rings is 1. The molecule has 2 rings (SSSR count). The molecule has 0 amide bonds. The lowest BCUT2D eigenvalue weighted by molar-refractivity contribution is -0.145. The van der Waals surface area contributed by atoms with E-state index in [9.17, 15) is 4.79 Å². The van der Waals surface area contributed by atoms with Crippen molar-refractivity contribution < 1.29 is 14.6 Å². The third-order valence-corrected chi connectivity index (χ3v) is 3.17. The Kier molecular flexibility index (Phi) is 3.76. The van der Waals surface area contributed by atoms with Crippen LogP contribution in [-0.4, -0.2) is 41.7 Å². The minimum atomic E-state index is -0.779. The van der Waals surface area contributed by atoms with Crippen molar-refractivity contribution in [3.8, 4) is 0 Å². The van der Waals surface area contributed by atoms with Crippen molar-refractivity contribution >= 4 is 5.97 Å². The van der Waals surface area contributed by atoms with Gasteiger partial charge in [-0.3, -0.25) is 9.69 Å². The van der Waals surface area contributed by atoms with Gasteiger partial charge in [-0.25, -0.2) is 0 Å². The molecule has 1 aromatic rings. The van der Waals surface area contributed by atoms with Gasteiger partial charge in [0.2, 0.25) is 0 Å². The standard InChI is InChI=1S/C13H17NO3/c1-10(13(15)16)14-7-8-17-12(9-14)11-5-3-2-4-6-11/h2-6,10,12H,7-9H2,1H3,(H,15,16)/t10-,12+/m1/s1. The summed E-state index contributed by atoms with van der Waals surface area (Å²) in [6.07, 6.45) is -0.0215. The van der Waals surface area contributed by atoms with Crippen LogP contribution >= 0.6 is 0 Å². The second-order valence-corrected chi connectivity index (χ2v) is 4.28. The van der Waals surface area contributed by atoms with Gasteiger partial charge in [0.15, 0.2) is 0 Å². The smallest absolute Gasteiger partial charge is 0.320 e. The predicted octanol–water partition coefficient (Wildman–Crippen LogP) is 1.53. The number of benzene rings is 1. The van der Waals surface area contributed by atoms with Crippen molar-refractivity contribution in [2.24, 2.45) is 0 Å². The van der Waals surface area contributed by atoms with Crippen LogP contribution in [0, 0.1) is 0 Å². The Bertz CT molecular complexity index is 380. The number of aliphatic carboxylic acids is 1. The fourth-order valence-electron chi connectivity index (χ4n) is 2.05. The minimum Gasteiger partial charge on any atom is -0.480 e. The third-order valence-electron chi connectivity index (χ3n) is 3.17. The molecule has 1 aromatic carbocycles. The highest BCUT2D eigenvalue weighted by molar-refractivity contribution is 5.72. The fraction of sp³-hybridized carbons (Fsp3) is 0.462. The van der Waals surface area contributed by atoms with Crippen LogP contribution in [0.5, 0.6) is 0 Å². The molecule has 0 saturated carbocycles.